The van der Waals surface area contributed by atoms with Crippen molar-refractivity contribution in [2.45, 2.75) is 19.4 Å². The van der Waals surface area contributed by atoms with E-state index in [1.54, 1.807) is 4.90 Å². The zero-order chi connectivity index (χ0) is 11.5. The Hall–Kier alpha value is -1.35. The summed E-state index contributed by atoms with van der Waals surface area (Å²) in [6.07, 6.45) is 0.976. The van der Waals surface area contributed by atoms with E-state index in [1.807, 2.05) is 30.3 Å². The molecule has 1 aliphatic heterocycles. The standard InChI is InChI=1S/C13H17NO2/c1-10-7-8-14(12(10)9-15)13(16)11-5-3-2-4-6-11/h2-6,10,12,15H,7-9H2,1H3/t10-,12+/m1/s1. The Balaban J connectivity index is 2.17. The summed E-state index contributed by atoms with van der Waals surface area (Å²) in [6, 6.07) is 9.24. The predicted octanol–water partition coefficient (Wildman–Crippen LogP) is 1.53. The van der Waals surface area contributed by atoms with Gasteiger partial charge in [-0.05, 0) is 24.5 Å². The van der Waals surface area contributed by atoms with Gasteiger partial charge in [-0.3, -0.25) is 4.79 Å². The van der Waals surface area contributed by atoms with Crippen molar-refractivity contribution in [1.29, 1.82) is 0 Å². The highest BCUT2D eigenvalue weighted by Crippen LogP contribution is 2.25. The van der Waals surface area contributed by atoms with Gasteiger partial charge in [-0.1, -0.05) is 25.1 Å². The second kappa shape index (κ2) is 4.66. The Bertz CT molecular complexity index is 363. The third-order valence-corrected chi connectivity index (χ3v) is 3.35. The van der Waals surface area contributed by atoms with Crippen LogP contribution in [0.1, 0.15) is 23.7 Å². The number of benzene rings is 1. The number of nitrogens with zero attached hydrogens (tertiary/aromatic N) is 1. The van der Waals surface area contributed by atoms with Crippen molar-refractivity contribution in [3.05, 3.63) is 35.9 Å². The maximum Gasteiger partial charge on any atom is 0.254 e. The summed E-state index contributed by atoms with van der Waals surface area (Å²) in [7, 11) is 0. The summed E-state index contributed by atoms with van der Waals surface area (Å²) in [6.45, 7) is 2.89. The first-order valence-electron chi connectivity index (χ1n) is 5.71. The van der Waals surface area contributed by atoms with Crippen molar-refractivity contribution in [3.8, 4) is 0 Å². The topological polar surface area (TPSA) is 40.5 Å². The van der Waals surface area contributed by atoms with Crippen molar-refractivity contribution in [2.24, 2.45) is 5.92 Å². The van der Waals surface area contributed by atoms with Crippen LogP contribution in [0.3, 0.4) is 0 Å². The van der Waals surface area contributed by atoms with Crippen LogP contribution in [-0.4, -0.2) is 35.1 Å². The SMILES string of the molecule is C[C@@H]1CCN(C(=O)c2ccccc2)[C@H]1CO. The minimum atomic E-state index is -0.0206. The number of likely N-dealkylation sites (tertiary alicyclic amines) is 1. The Morgan fingerprint density at radius 2 is 2.12 bits per heavy atom. The number of carbonyl (C=O) groups is 1. The van der Waals surface area contributed by atoms with Crippen LogP contribution < -0.4 is 0 Å². The van der Waals surface area contributed by atoms with Gasteiger partial charge in [0, 0.05) is 12.1 Å². The van der Waals surface area contributed by atoms with Crippen LogP contribution in [-0.2, 0) is 0 Å². The summed E-state index contributed by atoms with van der Waals surface area (Å²) >= 11 is 0. The quantitative estimate of drug-likeness (QED) is 0.819. The molecule has 0 saturated carbocycles. The molecule has 3 nitrogen and oxygen atoms in total. The minimum Gasteiger partial charge on any atom is -0.394 e. The van der Waals surface area contributed by atoms with Gasteiger partial charge in [-0.25, -0.2) is 0 Å². The van der Waals surface area contributed by atoms with Gasteiger partial charge in [0.2, 0.25) is 0 Å². The smallest absolute Gasteiger partial charge is 0.254 e. The van der Waals surface area contributed by atoms with Crippen LogP contribution in [0.25, 0.3) is 0 Å². The Kier molecular flexibility index (Phi) is 3.25. The molecule has 0 aromatic heterocycles. The van der Waals surface area contributed by atoms with Gasteiger partial charge >= 0.3 is 0 Å². The zero-order valence-corrected chi connectivity index (χ0v) is 9.47. The van der Waals surface area contributed by atoms with Crippen molar-refractivity contribution in [3.63, 3.8) is 0 Å². The molecule has 3 heteroatoms. The minimum absolute atomic E-state index is 0.0206. The van der Waals surface area contributed by atoms with E-state index >= 15 is 0 Å². The van der Waals surface area contributed by atoms with Gasteiger partial charge in [0.1, 0.15) is 0 Å². The van der Waals surface area contributed by atoms with Crippen molar-refractivity contribution < 1.29 is 9.90 Å². The predicted molar refractivity (Wildman–Crippen MR) is 62.1 cm³/mol. The molecule has 2 atom stereocenters. The number of amides is 1. The van der Waals surface area contributed by atoms with E-state index < -0.39 is 0 Å². The average Bonchev–Trinajstić information content (AvgIpc) is 2.70. The van der Waals surface area contributed by atoms with E-state index in [4.69, 9.17) is 0 Å². The van der Waals surface area contributed by atoms with Crippen LogP contribution in [0.15, 0.2) is 30.3 Å². The molecular weight excluding hydrogens is 202 g/mol. The molecule has 1 heterocycles. The molecule has 1 saturated heterocycles. The van der Waals surface area contributed by atoms with Gasteiger partial charge in [0.05, 0.1) is 12.6 Å². The second-order valence-corrected chi connectivity index (χ2v) is 4.38. The van der Waals surface area contributed by atoms with E-state index in [9.17, 15) is 9.90 Å². The lowest BCUT2D eigenvalue weighted by atomic mass is 10.0. The van der Waals surface area contributed by atoms with E-state index in [1.165, 1.54) is 0 Å². The van der Waals surface area contributed by atoms with E-state index in [0.29, 0.717) is 11.5 Å². The third kappa shape index (κ3) is 1.95. The molecule has 1 N–H and O–H groups in total. The largest absolute Gasteiger partial charge is 0.394 e. The maximum absolute atomic E-state index is 12.2. The number of rotatable bonds is 2. The first-order valence-corrected chi connectivity index (χ1v) is 5.71. The van der Waals surface area contributed by atoms with Gasteiger partial charge in [-0.15, -0.1) is 0 Å². The third-order valence-electron chi connectivity index (χ3n) is 3.35. The molecule has 1 amide bonds. The molecule has 0 spiro atoms. The molecular formula is C13H17NO2. The summed E-state index contributed by atoms with van der Waals surface area (Å²) in [4.78, 5) is 14.0. The van der Waals surface area contributed by atoms with E-state index in [2.05, 4.69) is 6.92 Å². The number of aliphatic hydroxyl groups is 1. The molecule has 0 radical (unpaired) electrons. The molecule has 86 valence electrons. The molecule has 0 bridgehead atoms. The normalized spacial score (nSPS) is 24.8. The zero-order valence-electron chi connectivity index (χ0n) is 9.47. The highest BCUT2D eigenvalue weighted by Gasteiger charge is 2.33. The van der Waals surface area contributed by atoms with Gasteiger partial charge in [-0.2, -0.15) is 0 Å². The molecule has 1 fully saturated rings. The molecule has 1 aromatic rings. The van der Waals surface area contributed by atoms with Crippen molar-refractivity contribution >= 4 is 5.91 Å². The molecule has 1 aliphatic rings. The molecule has 2 rings (SSSR count). The monoisotopic (exact) mass is 219 g/mol. The number of aliphatic hydroxyl groups excluding tert-OH is 1. The Labute approximate surface area is 95.7 Å². The first kappa shape index (κ1) is 11.1. The number of hydrogen-bond acceptors (Lipinski definition) is 2. The fourth-order valence-corrected chi connectivity index (χ4v) is 2.29. The number of hydrogen-bond donors (Lipinski definition) is 1. The van der Waals surface area contributed by atoms with Crippen LogP contribution in [0, 0.1) is 5.92 Å². The van der Waals surface area contributed by atoms with Gasteiger partial charge in [0.25, 0.3) is 5.91 Å². The van der Waals surface area contributed by atoms with Crippen molar-refractivity contribution in [1.82, 2.24) is 4.90 Å². The summed E-state index contributed by atoms with van der Waals surface area (Å²) < 4.78 is 0. The van der Waals surface area contributed by atoms with Crippen LogP contribution in [0.5, 0.6) is 0 Å². The highest BCUT2D eigenvalue weighted by molar-refractivity contribution is 5.94. The molecule has 0 unspecified atom stereocenters. The lowest BCUT2D eigenvalue weighted by molar-refractivity contribution is 0.0648. The van der Waals surface area contributed by atoms with Crippen LogP contribution >= 0.6 is 0 Å². The van der Waals surface area contributed by atoms with E-state index in [0.717, 1.165) is 13.0 Å². The van der Waals surface area contributed by atoms with Crippen molar-refractivity contribution in [2.75, 3.05) is 13.2 Å². The Morgan fingerprint density at radius 1 is 1.44 bits per heavy atom. The summed E-state index contributed by atoms with van der Waals surface area (Å²) in [5.41, 5.74) is 0.704. The highest BCUT2D eigenvalue weighted by atomic mass is 16.3. The van der Waals surface area contributed by atoms with Crippen LogP contribution in [0.2, 0.25) is 0 Å². The van der Waals surface area contributed by atoms with E-state index in [-0.39, 0.29) is 18.6 Å². The first-order chi connectivity index (χ1) is 7.74. The van der Waals surface area contributed by atoms with Crippen LogP contribution in [0.4, 0.5) is 0 Å². The fourth-order valence-electron chi connectivity index (χ4n) is 2.29. The average molecular weight is 219 g/mol. The maximum atomic E-state index is 12.2. The van der Waals surface area contributed by atoms with Gasteiger partial charge < -0.3 is 10.0 Å². The molecule has 1 aromatic carbocycles. The molecule has 0 aliphatic carbocycles. The Morgan fingerprint density at radius 3 is 2.75 bits per heavy atom. The summed E-state index contributed by atoms with van der Waals surface area (Å²) in [5.74, 6) is 0.418. The fraction of sp³-hybridized carbons (Fsp3) is 0.462. The lowest BCUT2D eigenvalue weighted by Gasteiger charge is -2.25. The summed E-state index contributed by atoms with van der Waals surface area (Å²) in [5, 5.41) is 9.31. The number of carbonyl (C=O) groups excluding carboxylic acids is 1. The lowest BCUT2D eigenvalue weighted by Crippen LogP contribution is -2.39. The second-order valence-electron chi connectivity index (χ2n) is 4.38. The van der Waals surface area contributed by atoms with Gasteiger partial charge in [0.15, 0.2) is 0 Å². The molecule has 16 heavy (non-hydrogen) atoms.